The van der Waals surface area contributed by atoms with Crippen molar-refractivity contribution in [3.8, 4) is 11.5 Å². The van der Waals surface area contributed by atoms with Gasteiger partial charge in [0.15, 0.2) is 17.3 Å². The zero-order valence-corrected chi connectivity index (χ0v) is 15.9. The molecule has 0 amide bonds. The number of ketones is 1. The number of benzene rings is 1. The smallest absolute Gasteiger partial charge is 0.161 e. The molecule has 2 atom stereocenters. The Morgan fingerprint density at radius 3 is 2.48 bits per heavy atom. The van der Waals surface area contributed by atoms with E-state index in [1.165, 1.54) is 13.2 Å². The first-order valence-corrected chi connectivity index (χ1v) is 9.11. The van der Waals surface area contributed by atoms with Gasteiger partial charge in [-0.05, 0) is 42.5 Å². The van der Waals surface area contributed by atoms with Crippen LogP contribution in [-0.4, -0.2) is 28.7 Å². The van der Waals surface area contributed by atoms with E-state index in [2.05, 4.69) is 0 Å². The van der Waals surface area contributed by atoms with E-state index in [1.54, 1.807) is 12.1 Å². The van der Waals surface area contributed by atoms with Crippen LogP contribution in [0, 0.1) is 5.92 Å². The van der Waals surface area contributed by atoms with Crippen LogP contribution in [-0.2, 0) is 16.6 Å². The molecule has 138 valence electrons. The molecule has 0 aliphatic heterocycles. The Hall–Kier alpha value is -1.81. The van der Waals surface area contributed by atoms with Crippen molar-refractivity contribution in [2.75, 3.05) is 7.11 Å². The number of ether oxygens (including phenoxy) is 1. The summed E-state index contributed by atoms with van der Waals surface area (Å²) in [6, 6.07) is 3.67. The fourth-order valence-corrected chi connectivity index (χ4v) is 4.36. The molecule has 25 heavy (non-hydrogen) atoms. The van der Waals surface area contributed by atoms with E-state index < -0.39 is 11.0 Å². The van der Waals surface area contributed by atoms with Crippen molar-refractivity contribution in [1.29, 1.82) is 0 Å². The Bertz CT molecular complexity index is 677. The van der Waals surface area contributed by atoms with E-state index in [4.69, 9.17) is 4.74 Å². The second-order valence-electron chi connectivity index (χ2n) is 7.29. The number of aromatic hydroxyl groups is 1. The lowest BCUT2D eigenvalue weighted by Gasteiger charge is -2.51. The number of allylic oxidation sites excluding steroid dienone is 1. The predicted octanol–water partition coefficient (Wildman–Crippen LogP) is 3.92. The lowest BCUT2D eigenvalue weighted by atomic mass is 9.55. The molecular weight excluding hydrogens is 316 g/mol. The van der Waals surface area contributed by atoms with Crippen molar-refractivity contribution in [3.63, 3.8) is 0 Å². The van der Waals surface area contributed by atoms with E-state index in [9.17, 15) is 15.0 Å². The van der Waals surface area contributed by atoms with Crippen molar-refractivity contribution in [1.82, 2.24) is 0 Å². The number of aryl methyl sites for hydroxylation is 1. The first-order chi connectivity index (χ1) is 11.8. The van der Waals surface area contributed by atoms with Crippen LogP contribution in [0.15, 0.2) is 24.3 Å². The number of carbonyl (C=O) groups is 1. The number of rotatable bonds is 6. The summed E-state index contributed by atoms with van der Waals surface area (Å²) >= 11 is 0. The van der Waals surface area contributed by atoms with Crippen LogP contribution in [0.3, 0.4) is 0 Å². The zero-order chi connectivity index (χ0) is 18.8. The molecular formula is C21H30O4. The summed E-state index contributed by atoms with van der Waals surface area (Å²) in [5.74, 6) is 0.273. The van der Waals surface area contributed by atoms with Crippen molar-refractivity contribution in [3.05, 3.63) is 35.4 Å². The Balaban J connectivity index is 2.89. The third-order valence-electron chi connectivity index (χ3n) is 5.63. The van der Waals surface area contributed by atoms with Gasteiger partial charge in [-0.15, -0.1) is 0 Å². The second-order valence-corrected chi connectivity index (χ2v) is 7.29. The van der Waals surface area contributed by atoms with E-state index in [-0.39, 0.29) is 23.9 Å². The summed E-state index contributed by atoms with van der Waals surface area (Å²) < 4.78 is 5.32. The molecule has 0 aromatic heterocycles. The van der Waals surface area contributed by atoms with Gasteiger partial charge in [0.05, 0.1) is 12.7 Å². The molecule has 4 nitrogen and oxygen atoms in total. The molecule has 2 N–H and O–H groups in total. The van der Waals surface area contributed by atoms with Crippen LogP contribution in [0.25, 0.3) is 0 Å². The number of hydrogen-bond acceptors (Lipinski definition) is 4. The van der Waals surface area contributed by atoms with Crippen LogP contribution >= 0.6 is 0 Å². The fraction of sp³-hybridized carbons (Fsp3) is 0.571. The van der Waals surface area contributed by atoms with Gasteiger partial charge < -0.3 is 14.9 Å². The number of methoxy groups -OCH3 is 1. The normalized spacial score (nSPS) is 26.3. The highest BCUT2D eigenvalue weighted by atomic mass is 16.5. The molecule has 0 bridgehead atoms. The molecule has 0 saturated heterocycles. The van der Waals surface area contributed by atoms with Crippen molar-refractivity contribution in [2.45, 2.75) is 64.4 Å². The molecule has 0 spiro atoms. The monoisotopic (exact) mass is 346 g/mol. The largest absolute Gasteiger partial charge is 0.504 e. The summed E-state index contributed by atoms with van der Waals surface area (Å²) in [7, 11) is 1.51. The third kappa shape index (κ3) is 2.97. The third-order valence-corrected chi connectivity index (χ3v) is 5.63. The lowest BCUT2D eigenvalue weighted by molar-refractivity contribution is -0.123. The van der Waals surface area contributed by atoms with Crippen molar-refractivity contribution < 1.29 is 19.7 Å². The van der Waals surface area contributed by atoms with Crippen LogP contribution in [0.2, 0.25) is 0 Å². The molecule has 0 radical (unpaired) electrons. The minimum absolute atomic E-state index is 0.0250. The Morgan fingerprint density at radius 2 is 1.96 bits per heavy atom. The molecule has 1 aliphatic rings. The summed E-state index contributed by atoms with van der Waals surface area (Å²) in [4.78, 5) is 12.4. The van der Waals surface area contributed by atoms with Gasteiger partial charge in [0, 0.05) is 17.4 Å². The lowest BCUT2D eigenvalue weighted by Crippen LogP contribution is -2.57. The number of aliphatic hydroxyl groups is 1. The number of carbonyl (C=O) groups excluding carboxylic acids is 1. The van der Waals surface area contributed by atoms with Gasteiger partial charge in [-0.2, -0.15) is 0 Å². The van der Waals surface area contributed by atoms with E-state index in [0.29, 0.717) is 24.2 Å². The van der Waals surface area contributed by atoms with Gasteiger partial charge in [0.1, 0.15) is 0 Å². The average molecular weight is 346 g/mol. The van der Waals surface area contributed by atoms with Crippen LogP contribution in [0.4, 0.5) is 0 Å². The molecule has 4 heteroatoms. The van der Waals surface area contributed by atoms with E-state index >= 15 is 0 Å². The molecule has 2 unspecified atom stereocenters. The standard InChI is InChI=1S/C21H30O4/c1-6-11-20(13-16(22)10-12-21(20,24)14(3)4)18-15(7-2)8-9-17(25-5)19(18)23/h8-10,12,14,23-24H,6-7,11,13H2,1-5H3. The summed E-state index contributed by atoms with van der Waals surface area (Å²) in [5.41, 5.74) is -0.491. The SMILES string of the molecule is CCCC1(c2c(CC)ccc(OC)c2O)CC(=O)C=CC1(O)C(C)C. The molecule has 1 aromatic rings. The highest BCUT2D eigenvalue weighted by Crippen LogP contribution is 2.54. The first-order valence-electron chi connectivity index (χ1n) is 9.11. The molecule has 0 saturated carbocycles. The fourth-order valence-electron chi connectivity index (χ4n) is 4.36. The zero-order valence-electron chi connectivity index (χ0n) is 15.9. The highest BCUT2D eigenvalue weighted by molar-refractivity contribution is 5.93. The summed E-state index contributed by atoms with van der Waals surface area (Å²) in [5, 5.41) is 22.7. The molecule has 0 fully saturated rings. The number of hydrogen-bond donors (Lipinski definition) is 2. The Kier molecular flexibility index (Phi) is 5.62. The highest BCUT2D eigenvalue weighted by Gasteiger charge is 2.55. The maximum Gasteiger partial charge on any atom is 0.161 e. The van der Waals surface area contributed by atoms with Crippen LogP contribution in [0.5, 0.6) is 11.5 Å². The molecule has 1 aromatic carbocycles. The van der Waals surface area contributed by atoms with E-state index in [1.807, 2.05) is 33.8 Å². The topological polar surface area (TPSA) is 66.8 Å². The number of phenolic OH excluding ortho intramolecular Hbond substituents is 1. The van der Waals surface area contributed by atoms with Gasteiger partial charge in [0.25, 0.3) is 0 Å². The number of phenols is 1. The molecule has 1 aliphatic carbocycles. The van der Waals surface area contributed by atoms with Gasteiger partial charge in [-0.25, -0.2) is 0 Å². The van der Waals surface area contributed by atoms with Crippen molar-refractivity contribution in [2.24, 2.45) is 5.92 Å². The Labute approximate surface area is 150 Å². The maximum atomic E-state index is 12.4. The van der Waals surface area contributed by atoms with Gasteiger partial charge in [-0.3, -0.25) is 4.79 Å². The quantitative estimate of drug-likeness (QED) is 0.819. The minimum Gasteiger partial charge on any atom is -0.504 e. The maximum absolute atomic E-state index is 12.4. The van der Waals surface area contributed by atoms with Gasteiger partial charge in [0.2, 0.25) is 0 Å². The second kappa shape index (κ2) is 7.20. The van der Waals surface area contributed by atoms with E-state index in [0.717, 1.165) is 12.0 Å². The van der Waals surface area contributed by atoms with Gasteiger partial charge in [-0.1, -0.05) is 40.2 Å². The Morgan fingerprint density at radius 1 is 1.28 bits per heavy atom. The molecule has 0 heterocycles. The van der Waals surface area contributed by atoms with Crippen molar-refractivity contribution >= 4 is 5.78 Å². The minimum atomic E-state index is -1.22. The summed E-state index contributed by atoms with van der Waals surface area (Å²) in [6.45, 7) is 7.95. The molecule has 2 rings (SSSR count). The van der Waals surface area contributed by atoms with Crippen LogP contribution in [0.1, 0.15) is 58.1 Å². The summed E-state index contributed by atoms with van der Waals surface area (Å²) in [6.07, 6.45) is 5.39. The van der Waals surface area contributed by atoms with Crippen LogP contribution < -0.4 is 4.74 Å². The average Bonchev–Trinajstić information content (AvgIpc) is 2.57. The van der Waals surface area contributed by atoms with Gasteiger partial charge >= 0.3 is 0 Å². The first kappa shape index (κ1) is 19.5. The predicted molar refractivity (Wildman–Crippen MR) is 99.2 cm³/mol.